The third-order valence-electron chi connectivity index (χ3n) is 4.59. The molecule has 6 heteroatoms. The maximum atomic E-state index is 12.8. The molecule has 0 bridgehead atoms. The van der Waals surface area contributed by atoms with Crippen LogP contribution in [0.4, 0.5) is 5.95 Å². The predicted octanol–water partition coefficient (Wildman–Crippen LogP) is 3.44. The Labute approximate surface area is 157 Å². The Morgan fingerprint density at radius 2 is 1.74 bits per heavy atom. The Balaban J connectivity index is 1.89. The van der Waals surface area contributed by atoms with Crippen LogP contribution in [0.1, 0.15) is 30.5 Å². The van der Waals surface area contributed by atoms with Gasteiger partial charge in [-0.05, 0) is 12.5 Å². The molecule has 0 saturated carbocycles. The van der Waals surface area contributed by atoms with Crippen molar-refractivity contribution in [3.8, 4) is 11.3 Å². The number of hydrogen-bond donors (Lipinski definition) is 1. The Hall–Kier alpha value is -3.41. The fourth-order valence-corrected chi connectivity index (χ4v) is 3.36. The maximum absolute atomic E-state index is 12.8. The van der Waals surface area contributed by atoms with Crippen molar-refractivity contribution >= 4 is 17.6 Å². The molecule has 1 aromatic heterocycles. The number of nitrogens with two attached hydrogens (primary N) is 1. The van der Waals surface area contributed by atoms with Gasteiger partial charge in [-0.2, -0.15) is 5.10 Å². The van der Waals surface area contributed by atoms with E-state index in [0.717, 1.165) is 16.8 Å². The Morgan fingerprint density at radius 1 is 1.11 bits per heavy atom. The highest BCUT2D eigenvalue weighted by atomic mass is 16.5. The van der Waals surface area contributed by atoms with Gasteiger partial charge in [-0.25, -0.2) is 9.66 Å². The molecule has 1 aliphatic heterocycles. The number of hydrogen-bond acceptors (Lipinski definition) is 5. The number of fused-ring (bicyclic) bond motifs is 1. The van der Waals surface area contributed by atoms with Crippen molar-refractivity contribution in [3.63, 3.8) is 0 Å². The fraction of sp³-hybridized carbons (Fsp3) is 0.190. The second-order valence-corrected chi connectivity index (χ2v) is 6.30. The molecule has 0 spiro atoms. The van der Waals surface area contributed by atoms with Crippen LogP contribution in [0.15, 0.2) is 65.8 Å². The molecule has 0 aliphatic carbocycles. The minimum atomic E-state index is -0.516. The fourth-order valence-electron chi connectivity index (χ4n) is 3.36. The highest BCUT2D eigenvalue weighted by Gasteiger charge is 2.35. The first kappa shape index (κ1) is 17.0. The predicted molar refractivity (Wildman–Crippen MR) is 104 cm³/mol. The number of carbonyl (C=O) groups excluding carboxylic acids is 1. The minimum Gasteiger partial charge on any atom is -0.465 e. The Morgan fingerprint density at radius 3 is 2.37 bits per heavy atom. The third kappa shape index (κ3) is 3.10. The monoisotopic (exact) mass is 360 g/mol. The molecular weight excluding hydrogens is 340 g/mol. The second-order valence-electron chi connectivity index (χ2n) is 6.30. The molecule has 6 nitrogen and oxygen atoms in total. The lowest BCUT2D eigenvalue weighted by molar-refractivity contribution is -0.145. The largest absolute Gasteiger partial charge is 0.465 e. The molecule has 136 valence electrons. The molecule has 0 radical (unpaired) electrons. The smallest absolute Gasteiger partial charge is 0.315 e. The van der Waals surface area contributed by atoms with Crippen molar-refractivity contribution in [2.75, 3.05) is 12.3 Å². The summed E-state index contributed by atoms with van der Waals surface area (Å²) in [6.07, 6.45) is 0.438. The first-order valence-electron chi connectivity index (χ1n) is 8.92. The Bertz CT molecular complexity index is 994. The van der Waals surface area contributed by atoms with Gasteiger partial charge < -0.3 is 10.5 Å². The highest BCUT2D eigenvalue weighted by molar-refractivity contribution is 6.04. The van der Waals surface area contributed by atoms with Crippen LogP contribution in [-0.2, 0) is 9.53 Å². The van der Waals surface area contributed by atoms with Crippen molar-refractivity contribution in [1.82, 2.24) is 9.66 Å². The molecule has 3 aromatic rings. The zero-order chi connectivity index (χ0) is 18.8. The number of ether oxygens (including phenoxy) is 1. The van der Waals surface area contributed by atoms with Gasteiger partial charge >= 0.3 is 5.97 Å². The van der Waals surface area contributed by atoms with Crippen LogP contribution in [-0.4, -0.2) is 27.9 Å². The van der Waals surface area contributed by atoms with E-state index in [1.54, 1.807) is 11.6 Å². The summed E-state index contributed by atoms with van der Waals surface area (Å²) in [5, 5.41) is 4.69. The van der Waals surface area contributed by atoms with Crippen LogP contribution >= 0.6 is 0 Å². The van der Waals surface area contributed by atoms with Crippen LogP contribution in [0.2, 0.25) is 0 Å². The van der Waals surface area contributed by atoms with E-state index in [2.05, 4.69) is 4.98 Å². The van der Waals surface area contributed by atoms with Crippen LogP contribution < -0.4 is 5.73 Å². The zero-order valence-electron chi connectivity index (χ0n) is 15.0. The van der Waals surface area contributed by atoms with Gasteiger partial charge in [0.05, 0.1) is 23.7 Å². The van der Waals surface area contributed by atoms with Crippen molar-refractivity contribution in [2.24, 2.45) is 5.10 Å². The molecule has 1 unspecified atom stereocenters. The SMILES string of the molecule is CCOC(=O)C1CC(c2ccccc2)=Nn2c(N)nc(-c3ccccc3)c21. The minimum absolute atomic E-state index is 0.256. The lowest BCUT2D eigenvalue weighted by Crippen LogP contribution is -2.27. The van der Waals surface area contributed by atoms with Crippen LogP contribution in [0, 0.1) is 0 Å². The first-order valence-corrected chi connectivity index (χ1v) is 8.92. The normalized spacial score (nSPS) is 15.7. The van der Waals surface area contributed by atoms with Gasteiger partial charge in [-0.3, -0.25) is 4.79 Å². The number of imidazole rings is 1. The summed E-state index contributed by atoms with van der Waals surface area (Å²) >= 11 is 0. The second kappa shape index (κ2) is 7.07. The van der Waals surface area contributed by atoms with E-state index in [4.69, 9.17) is 15.6 Å². The molecule has 1 atom stereocenters. The van der Waals surface area contributed by atoms with Gasteiger partial charge in [0.1, 0.15) is 5.92 Å². The zero-order valence-corrected chi connectivity index (χ0v) is 15.0. The van der Waals surface area contributed by atoms with Gasteiger partial charge in [-0.1, -0.05) is 60.7 Å². The van der Waals surface area contributed by atoms with E-state index in [1.165, 1.54) is 0 Å². The molecule has 0 amide bonds. The Kier molecular flexibility index (Phi) is 4.46. The summed E-state index contributed by atoms with van der Waals surface area (Å²) in [4.78, 5) is 17.3. The van der Waals surface area contributed by atoms with Crippen molar-refractivity contribution < 1.29 is 9.53 Å². The van der Waals surface area contributed by atoms with Crippen molar-refractivity contribution in [1.29, 1.82) is 0 Å². The number of aromatic nitrogens is 2. The molecule has 27 heavy (non-hydrogen) atoms. The summed E-state index contributed by atoms with van der Waals surface area (Å²) in [6, 6.07) is 19.5. The number of rotatable bonds is 4. The quantitative estimate of drug-likeness (QED) is 0.723. The van der Waals surface area contributed by atoms with E-state index in [0.29, 0.717) is 24.4 Å². The average Bonchev–Trinajstić information content (AvgIpc) is 3.05. The first-order chi connectivity index (χ1) is 13.2. The summed E-state index contributed by atoms with van der Waals surface area (Å²) in [5.74, 6) is -0.553. The molecule has 0 saturated heterocycles. The van der Waals surface area contributed by atoms with Gasteiger partial charge in [0.15, 0.2) is 0 Å². The molecule has 2 N–H and O–H groups in total. The molecular formula is C21H20N4O2. The van der Waals surface area contributed by atoms with E-state index in [1.807, 2.05) is 60.7 Å². The molecule has 0 fully saturated rings. The number of anilines is 1. The summed E-state index contributed by atoms with van der Waals surface area (Å²) in [6.45, 7) is 2.12. The van der Waals surface area contributed by atoms with Gasteiger partial charge in [0.2, 0.25) is 5.95 Å². The number of nitrogen functional groups attached to an aromatic ring is 1. The number of esters is 1. The molecule has 1 aliphatic rings. The van der Waals surface area contributed by atoms with Crippen LogP contribution in [0.5, 0.6) is 0 Å². The molecule has 4 rings (SSSR count). The number of carbonyl (C=O) groups is 1. The van der Waals surface area contributed by atoms with Gasteiger partial charge in [0, 0.05) is 12.0 Å². The molecule has 2 aromatic carbocycles. The summed E-state index contributed by atoms with van der Waals surface area (Å²) in [7, 11) is 0. The summed E-state index contributed by atoms with van der Waals surface area (Å²) < 4.78 is 6.93. The van der Waals surface area contributed by atoms with E-state index in [-0.39, 0.29) is 11.9 Å². The average molecular weight is 360 g/mol. The third-order valence-corrected chi connectivity index (χ3v) is 4.59. The topological polar surface area (TPSA) is 82.5 Å². The summed E-state index contributed by atoms with van der Waals surface area (Å²) in [5.41, 5.74) is 10.1. The maximum Gasteiger partial charge on any atom is 0.315 e. The highest BCUT2D eigenvalue weighted by Crippen LogP contribution is 2.37. The van der Waals surface area contributed by atoms with Crippen molar-refractivity contribution in [2.45, 2.75) is 19.3 Å². The number of nitrogens with zero attached hydrogens (tertiary/aromatic N) is 3. The van der Waals surface area contributed by atoms with Crippen LogP contribution in [0.25, 0.3) is 11.3 Å². The van der Waals surface area contributed by atoms with E-state index >= 15 is 0 Å². The van der Waals surface area contributed by atoms with E-state index < -0.39 is 5.92 Å². The molecule has 2 heterocycles. The lowest BCUT2D eigenvalue weighted by atomic mass is 9.91. The lowest BCUT2D eigenvalue weighted by Gasteiger charge is -2.23. The van der Waals surface area contributed by atoms with Gasteiger partial charge in [0.25, 0.3) is 0 Å². The van der Waals surface area contributed by atoms with Crippen molar-refractivity contribution in [3.05, 3.63) is 71.9 Å². The standard InChI is InChI=1S/C21H20N4O2/c1-2-27-20(26)16-13-17(14-9-5-3-6-10-14)24-25-19(16)18(23-21(25)22)15-11-7-4-8-12-15/h3-12,16H,2,13H2,1H3,(H2,22,23). The van der Waals surface area contributed by atoms with Gasteiger partial charge in [-0.15, -0.1) is 0 Å². The van der Waals surface area contributed by atoms with E-state index in [9.17, 15) is 4.79 Å². The van der Waals surface area contributed by atoms with Crippen LogP contribution in [0.3, 0.4) is 0 Å². The number of benzene rings is 2.